The summed E-state index contributed by atoms with van der Waals surface area (Å²) in [6.07, 6.45) is 1.84. The Hall–Kier alpha value is -1.10. The maximum absolute atomic E-state index is 12.1. The fourth-order valence-electron chi connectivity index (χ4n) is 2.44. The number of rotatable bonds is 2. The van der Waals surface area contributed by atoms with Gasteiger partial charge in [-0.05, 0) is 20.0 Å². The topological polar surface area (TPSA) is 43.9 Å². The average Bonchev–Trinajstić information content (AvgIpc) is 2.75. The van der Waals surface area contributed by atoms with E-state index in [0.717, 1.165) is 25.9 Å². The van der Waals surface area contributed by atoms with Gasteiger partial charge in [0.15, 0.2) is 0 Å². The van der Waals surface area contributed by atoms with E-state index in [0.29, 0.717) is 26.2 Å². The Bertz CT molecular complexity index is 274. The molecule has 5 nitrogen and oxygen atoms in total. The largest absolute Gasteiger partial charge is 0.342 e. The number of carbonyl (C=O) groups is 2. The first kappa shape index (κ1) is 11.4. The Balaban J connectivity index is 1.84. The molecule has 0 spiro atoms. The molecule has 2 fully saturated rings. The van der Waals surface area contributed by atoms with Gasteiger partial charge >= 0.3 is 0 Å². The van der Waals surface area contributed by atoms with E-state index < -0.39 is 0 Å². The summed E-state index contributed by atoms with van der Waals surface area (Å²) in [5.41, 5.74) is 0. The second-order valence-electron chi connectivity index (χ2n) is 4.71. The van der Waals surface area contributed by atoms with Crippen molar-refractivity contribution in [3.8, 4) is 0 Å². The number of carbonyl (C=O) groups excluding carboxylic acids is 2. The average molecular weight is 225 g/mol. The van der Waals surface area contributed by atoms with Gasteiger partial charge in [0, 0.05) is 32.7 Å². The Morgan fingerprint density at radius 1 is 1.19 bits per heavy atom. The summed E-state index contributed by atoms with van der Waals surface area (Å²) in [5, 5.41) is 0. The Morgan fingerprint density at radius 2 is 1.88 bits per heavy atom. The highest BCUT2D eigenvalue weighted by molar-refractivity contribution is 5.79. The summed E-state index contributed by atoms with van der Waals surface area (Å²) >= 11 is 0. The summed E-state index contributed by atoms with van der Waals surface area (Å²) in [5.74, 6) is 0.447. The Kier molecular flexibility index (Phi) is 3.43. The smallest absolute Gasteiger partial charge is 0.227 e. The molecule has 2 rings (SSSR count). The van der Waals surface area contributed by atoms with Crippen LogP contribution in [0, 0.1) is 5.92 Å². The molecule has 90 valence electrons. The van der Waals surface area contributed by atoms with Crippen LogP contribution in [-0.4, -0.2) is 73.3 Å². The number of hydrogen-bond donors (Lipinski definition) is 0. The zero-order chi connectivity index (χ0) is 11.5. The summed E-state index contributed by atoms with van der Waals surface area (Å²) in [4.78, 5) is 28.5. The van der Waals surface area contributed by atoms with Crippen molar-refractivity contribution in [1.82, 2.24) is 14.7 Å². The van der Waals surface area contributed by atoms with Gasteiger partial charge in [-0.25, -0.2) is 0 Å². The van der Waals surface area contributed by atoms with Crippen LogP contribution in [0.4, 0.5) is 0 Å². The highest BCUT2D eigenvalue weighted by Gasteiger charge is 2.31. The second-order valence-corrected chi connectivity index (χ2v) is 4.71. The van der Waals surface area contributed by atoms with E-state index in [9.17, 15) is 9.59 Å². The molecule has 0 aliphatic carbocycles. The molecule has 0 aromatic heterocycles. The molecular formula is C11H19N3O2. The lowest BCUT2D eigenvalue weighted by molar-refractivity contribution is -0.138. The van der Waals surface area contributed by atoms with Crippen LogP contribution in [0.25, 0.3) is 0 Å². The van der Waals surface area contributed by atoms with Gasteiger partial charge in [0.2, 0.25) is 12.3 Å². The molecule has 2 amide bonds. The normalized spacial score (nSPS) is 27.2. The first-order valence-electron chi connectivity index (χ1n) is 5.87. The van der Waals surface area contributed by atoms with Crippen LogP contribution in [0.5, 0.6) is 0 Å². The minimum absolute atomic E-state index is 0.174. The quantitative estimate of drug-likeness (QED) is 0.580. The van der Waals surface area contributed by atoms with E-state index >= 15 is 0 Å². The zero-order valence-electron chi connectivity index (χ0n) is 9.76. The van der Waals surface area contributed by atoms with Gasteiger partial charge in [-0.2, -0.15) is 0 Å². The minimum atomic E-state index is 0.174. The molecule has 2 aliphatic rings. The van der Waals surface area contributed by atoms with Gasteiger partial charge in [-0.1, -0.05) is 0 Å². The Labute approximate surface area is 96.0 Å². The third-order valence-electron chi connectivity index (χ3n) is 3.52. The van der Waals surface area contributed by atoms with Gasteiger partial charge in [0.25, 0.3) is 0 Å². The third-order valence-corrected chi connectivity index (χ3v) is 3.52. The van der Waals surface area contributed by atoms with E-state index in [-0.39, 0.29) is 11.8 Å². The van der Waals surface area contributed by atoms with Gasteiger partial charge in [0.1, 0.15) is 0 Å². The standard InChI is InChI=1S/C11H19N3O2/c1-12-3-2-10(8-12)11(16)14-6-4-13(9-15)5-7-14/h9-10H,2-8H2,1H3. The maximum Gasteiger partial charge on any atom is 0.227 e. The molecule has 16 heavy (non-hydrogen) atoms. The molecule has 0 saturated carbocycles. The summed E-state index contributed by atoms with van der Waals surface area (Å²) in [7, 11) is 2.05. The highest BCUT2D eigenvalue weighted by atomic mass is 16.2. The van der Waals surface area contributed by atoms with E-state index in [2.05, 4.69) is 11.9 Å². The van der Waals surface area contributed by atoms with Crippen molar-refractivity contribution in [2.75, 3.05) is 46.3 Å². The molecular weight excluding hydrogens is 206 g/mol. The van der Waals surface area contributed by atoms with Crippen LogP contribution in [0.1, 0.15) is 6.42 Å². The Morgan fingerprint density at radius 3 is 2.38 bits per heavy atom. The summed E-state index contributed by atoms with van der Waals surface area (Å²) in [6.45, 7) is 4.64. The maximum atomic E-state index is 12.1. The molecule has 5 heteroatoms. The molecule has 2 heterocycles. The number of hydrogen-bond acceptors (Lipinski definition) is 3. The molecule has 0 radical (unpaired) electrons. The van der Waals surface area contributed by atoms with E-state index in [1.54, 1.807) is 4.90 Å². The van der Waals surface area contributed by atoms with Crippen LogP contribution in [-0.2, 0) is 9.59 Å². The number of piperazine rings is 1. The number of likely N-dealkylation sites (tertiary alicyclic amines) is 1. The third kappa shape index (κ3) is 2.35. The number of nitrogens with zero attached hydrogens (tertiary/aromatic N) is 3. The molecule has 0 bridgehead atoms. The van der Waals surface area contributed by atoms with Crippen LogP contribution in [0.15, 0.2) is 0 Å². The lowest BCUT2D eigenvalue weighted by atomic mass is 10.1. The van der Waals surface area contributed by atoms with Crippen LogP contribution in [0.2, 0.25) is 0 Å². The van der Waals surface area contributed by atoms with Gasteiger partial charge in [-0.3, -0.25) is 9.59 Å². The van der Waals surface area contributed by atoms with E-state index in [1.165, 1.54) is 0 Å². The molecule has 2 aliphatic heterocycles. The van der Waals surface area contributed by atoms with E-state index in [4.69, 9.17) is 0 Å². The first-order chi connectivity index (χ1) is 7.70. The number of amides is 2. The lowest BCUT2D eigenvalue weighted by Gasteiger charge is -2.34. The molecule has 0 aromatic carbocycles. The second kappa shape index (κ2) is 4.82. The van der Waals surface area contributed by atoms with Gasteiger partial charge in [-0.15, -0.1) is 0 Å². The predicted octanol–water partition coefficient (Wildman–Crippen LogP) is -0.761. The molecule has 1 unspecified atom stereocenters. The molecule has 2 saturated heterocycles. The zero-order valence-corrected chi connectivity index (χ0v) is 9.76. The summed E-state index contributed by atoms with van der Waals surface area (Å²) < 4.78 is 0. The molecule has 0 aromatic rings. The van der Waals surface area contributed by atoms with Crippen molar-refractivity contribution in [3.63, 3.8) is 0 Å². The fraction of sp³-hybridized carbons (Fsp3) is 0.818. The monoisotopic (exact) mass is 225 g/mol. The van der Waals surface area contributed by atoms with Crippen molar-refractivity contribution in [2.45, 2.75) is 6.42 Å². The first-order valence-corrected chi connectivity index (χ1v) is 5.87. The van der Waals surface area contributed by atoms with Crippen LogP contribution >= 0.6 is 0 Å². The van der Waals surface area contributed by atoms with Gasteiger partial charge in [0.05, 0.1) is 5.92 Å². The van der Waals surface area contributed by atoms with Crippen molar-refractivity contribution < 1.29 is 9.59 Å². The van der Waals surface area contributed by atoms with Gasteiger partial charge < -0.3 is 14.7 Å². The van der Waals surface area contributed by atoms with Crippen molar-refractivity contribution in [1.29, 1.82) is 0 Å². The van der Waals surface area contributed by atoms with Crippen molar-refractivity contribution >= 4 is 12.3 Å². The van der Waals surface area contributed by atoms with Crippen LogP contribution in [0.3, 0.4) is 0 Å². The SMILES string of the molecule is CN1CCC(C(=O)N2CCN(C=O)CC2)C1. The lowest BCUT2D eigenvalue weighted by Crippen LogP contribution is -2.50. The summed E-state index contributed by atoms with van der Waals surface area (Å²) in [6, 6.07) is 0. The predicted molar refractivity (Wildman–Crippen MR) is 59.8 cm³/mol. The molecule has 0 N–H and O–H groups in total. The highest BCUT2D eigenvalue weighted by Crippen LogP contribution is 2.17. The van der Waals surface area contributed by atoms with Crippen molar-refractivity contribution in [3.05, 3.63) is 0 Å². The minimum Gasteiger partial charge on any atom is -0.342 e. The van der Waals surface area contributed by atoms with Crippen LogP contribution < -0.4 is 0 Å². The van der Waals surface area contributed by atoms with Crippen molar-refractivity contribution in [2.24, 2.45) is 5.92 Å². The molecule has 1 atom stereocenters. The fourth-order valence-corrected chi connectivity index (χ4v) is 2.44. The van der Waals surface area contributed by atoms with E-state index in [1.807, 2.05) is 4.90 Å².